The highest BCUT2D eigenvalue weighted by Gasteiger charge is 2.26. The number of rotatable bonds is 10. The van der Waals surface area contributed by atoms with Gasteiger partial charge in [0.1, 0.15) is 17.5 Å². The predicted octanol–water partition coefficient (Wildman–Crippen LogP) is 3.10. The Labute approximate surface area is 227 Å². The molecular formula is C29H32N4O6. The van der Waals surface area contributed by atoms with Crippen molar-refractivity contribution in [2.75, 3.05) is 19.5 Å². The fourth-order valence-electron chi connectivity index (χ4n) is 3.66. The maximum absolute atomic E-state index is 13.2. The van der Waals surface area contributed by atoms with Gasteiger partial charge in [0.15, 0.2) is 0 Å². The van der Waals surface area contributed by atoms with Gasteiger partial charge in [-0.15, -0.1) is 0 Å². The van der Waals surface area contributed by atoms with Crippen molar-refractivity contribution in [3.63, 3.8) is 0 Å². The first-order valence-corrected chi connectivity index (χ1v) is 12.3. The molecule has 0 saturated carbocycles. The number of hydrogen-bond donors (Lipinski definition) is 4. The van der Waals surface area contributed by atoms with E-state index in [4.69, 9.17) is 9.47 Å². The van der Waals surface area contributed by atoms with E-state index in [1.165, 1.54) is 7.11 Å². The van der Waals surface area contributed by atoms with Gasteiger partial charge in [-0.3, -0.25) is 30.0 Å². The molecule has 0 aromatic heterocycles. The average molecular weight is 533 g/mol. The molecule has 0 aliphatic heterocycles. The summed E-state index contributed by atoms with van der Waals surface area (Å²) in [4.78, 5) is 51.1. The van der Waals surface area contributed by atoms with Crippen LogP contribution in [0.25, 0.3) is 0 Å². The van der Waals surface area contributed by atoms with Crippen LogP contribution >= 0.6 is 0 Å². The zero-order valence-corrected chi connectivity index (χ0v) is 22.2. The summed E-state index contributed by atoms with van der Waals surface area (Å²) in [6.07, 6.45) is 0.0459. The van der Waals surface area contributed by atoms with Gasteiger partial charge in [-0.2, -0.15) is 0 Å². The van der Waals surface area contributed by atoms with Gasteiger partial charge in [0.05, 0.1) is 31.9 Å². The van der Waals surface area contributed by atoms with Gasteiger partial charge in [-0.1, -0.05) is 38.1 Å². The standard InChI is InChI=1S/C29H32N4O6/c1-18(2)26(29(37)33-32-25(34)17-19-9-13-21(38-3)14-10-19)31-28(36)23-7-5-6-8-24(23)30-27(35)20-11-15-22(39-4)16-12-20/h5-16,18,26H,17H2,1-4H3,(H,30,35)(H,31,36)(H,32,34)(H,33,37). The van der Waals surface area contributed by atoms with E-state index in [9.17, 15) is 19.2 Å². The Bertz CT molecular complexity index is 1310. The number of hydrogen-bond acceptors (Lipinski definition) is 6. The van der Waals surface area contributed by atoms with Crippen LogP contribution in [0.4, 0.5) is 5.69 Å². The summed E-state index contributed by atoms with van der Waals surface area (Å²) in [6, 6.07) is 19.1. The first-order chi connectivity index (χ1) is 18.7. The van der Waals surface area contributed by atoms with E-state index < -0.39 is 29.7 Å². The van der Waals surface area contributed by atoms with Crippen LogP contribution in [-0.2, 0) is 16.0 Å². The van der Waals surface area contributed by atoms with E-state index >= 15 is 0 Å². The first-order valence-electron chi connectivity index (χ1n) is 12.3. The fraction of sp³-hybridized carbons (Fsp3) is 0.241. The van der Waals surface area contributed by atoms with Crippen molar-refractivity contribution in [1.82, 2.24) is 16.2 Å². The second-order valence-corrected chi connectivity index (χ2v) is 8.99. The third-order valence-corrected chi connectivity index (χ3v) is 5.86. The quantitative estimate of drug-likeness (QED) is 0.297. The maximum atomic E-state index is 13.2. The zero-order valence-electron chi connectivity index (χ0n) is 22.2. The molecule has 3 aromatic rings. The summed E-state index contributed by atoms with van der Waals surface area (Å²) in [5, 5.41) is 5.44. The van der Waals surface area contributed by atoms with Crippen molar-refractivity contribution in [2.45, 2.75) is 26.3 Å². The highest BCUT2D eigenvalue weighted by atomic mass is 16.5. The number of ether oxygens (including phenoxy) is 2. The number of anilines is 1. The molecule has 10 nitrogen and oxygen atoms in total. The summed E-state index contributed by atoms with van der Waals surface area (Å²) < 4.78 is 10.2. The third-order valence-electron chi connectivity index (χ3n) is 5.86. The lowest BCUT2D eigenvalue weighted by Gasteiger charge is -2.22. The SMILES string of the molecule is COc1ccc(CC(=O)NNC(=O)C(NC(=O)c2ccccc2NC(=O)c2ccc(OC)cc2)C(C)C)cc1. The van der Waals surface area contributed by atoms with E-state index in [0.29, 0.717) is 17.1 Å². The molecule has 4 N–H and O–H groups in total. The number of nitrogens with one attached hydrogen (secondary N) is 4. The molecule has 39 heavy (non-hydrogen) atoms. The Balaban J connectivity index is 1.62. The van der Waals surface area contributed by atoms with E-state index in [2.05, 4.69) is 21.5 Å². The highest BCUT2D eigenvalue weighted by molar-refractivity contribution is 6.09. The average Bonchev–Trinajstić information content (AvgIpc) is 2.95. The monoisotopic (exact) mass is 532 g/mol. The van der Waals surface area contributed by atoms with Crippen LogP contribution in [0.15, 0.2) is 72.8 Å². The number of methoxy groups -OCH3 is 2. The molecular weight excluding hydrogens is 500 g/mol. The second kappa shape index (κ2) is 13.6. The van der Waals surface area contributed by atoms with Gasteiger partial charge < -0.3 is 20.1 Å². The van der Waals surface area contributed by atoms with E-state index in [1.807, 2.05) is 0 Å². The van der Waals surface area contributed by atoms with E-state index in [-0.39, 0.29) is 23.6 Å². The van der Waals surface area contributed by atoms with Crippen LogP contribution in [0, 0.1) is 5.92 Å². The molecule has 0 fully saturated rings. The van der Waals surface area contributed by atoms with Gasteiger partial charge >= 0.3 is 0 Å². The van der Waals surface area contributed by atoms with Crippen molar-refractivity contribution >= 4 is 29.3 Å². The smallest absolute Gasteiger partial charge is 0.261 e. The topological polar surface area (TPSA) is 135 Å². The predicted molar refractivity (Wildman–Crippen MR) is 146 cm³/mol. The largest absolute Gasteiger partial charge is 0.497 e. The molecule has 0 spiro atoms. The Morgan fingerprint density at radius 3 is 1.92 bits per heavy atom. The molecule has 1 atom stereocenters. The molecule has 204 valence electrons. The van der Waals surface area contributed by atoms with Gasteiger partial charge in [0, 0.05) is 5.56 Å². The molecule has 4 amide bonds. The normalized spacial score (nSPS) is 11.2. The summed E-state index contributed by atoms with van der Waals surface area (Å²) in [7, 11) is 3.09. The molecule has 10 heteroatoms. The summed E-state index contributed by atoms with van der Waals surface area (Å²) >= 11 is 0. The molecule has 3 rings (SSSR count). The number of benzene rings is 3. The van der Waals surface area contributed by atoms with Crippen molar-refractivity contribution in [2.24, 2.45) is 5.92 Å². The molecule has 0 radical (unpaired) electrons. The van der Waals surface area contributed by atoms with Crippen LogP contribution in [-0.4, -0.2) is 43.9 Å². The number of para-hydroxylation sites is 1. The molecule has 0 aliphatic carbocycles. The lowest BCUT2D eigenvalue weighted by atomic mass is 10.0. The minimum Gasteiger partial charge on any atom is -0.497 e. The zero-order chi connectivity index (χ0) is 28.4. The van der Waals surface area contributed by atoms with Crippen LogP contribution in [0.2, 0.25) is 0 Å². The highest BCUT2D eigenvalue weighted by Crippen LogP contribution is 2.18. The lowest BCUT2D eigenvalue weighted by Crippen LogP contribution is -2.54. The second-order valence-electron chi connectivity index (χ2n) is 8.99. The molecule has 1 unspecified atom stereocenters. The summed E-state index contributed by atoms with van der Waals surface area (Å²) in [6.45, 7) is 3.53. The van der Waals surface area contributed by atoms with Gasteiger partial charge in [0.2, 0.25) is 5.91 Å². The first kappa shape index (κ1) is 28.7. The minimum atomic E-state index is -0.955. The Morgan fingerprint density at radius 2 is 1.33 bits per heavy atom. The van der Waals surface area contributed by atoms with Crippen LogP contribution in [0.3, 0.4) is 0 Å². The van der Waals surface area contributed by atoms with Crippen LogP contribution in [0.5, 0.6) is 11.5 Å². The van der Waals surface area contributed by atoms with Crippen molar-refractivity contribution in [3.8, 4) is 11.5 Å². The lowest BCUT2D eigenvalue weighted by molar-refractivity contribution is -0.130. The Hall–Kier alpha value is -4.86. The number of amides is 4. The molecule has 0 aliphatic rings. The summed E-state index contributed by atoms with van der Waals surface area (Å²) in [5.74, 6) is -0.982. The van der Waals surface area contributed by atoms with E-state index in [0.717, 1.165) is 5.56 Å². The molecule has 0 bridgehead atoms. The van der Waals surface area contributed by atoms with Crippen LogP contribution in [0.1, 0.15) is 40.1 Å². The minimum absolute atomic E-state index is 0.0459. The van der Waals surface area contributed by atoms with Gasteiger partial charge in [-0.25, -0.2) is 0 Å². The number of hydrazine groups is 1. The molecule has 0 saturated heterocycles. The van der Waals surface area contributed by atoms with Crippen molar-refractivity contribution < 1.29 is 28.7 Å². The fourth-order valence-corrected chi connectivity index (χ4v) is 3.66. The number of carbonyl (C=O) groups excluding carboxylic acids is 4. The Kier molecular flexibility index (Phi) is 10.0. The molecule has 3 aromatic carbocycles. The van der Waals surface area contributed by atoms with Crippen molar-refractivity contribution in [1.29, 1.82) is 0 Å². The van der Waals surface area contributed by atoms with Crippen LogP contribution < -0.4 is 31.0 Å². The van der Waals surface area contributed by atoms with Gasteiger partial charge in [-0.05, 0) is 60.0 Å². The number of carbonyl (C=O) groups is 4. The Morgan fingerprint density at radius 1 is 0.744 bits per heavy atom. The van der Waals surface area contributed by atoms with E-state index in [1.54, 1.807) is 93.8 Å². The maximum Gasteiger partial charge on any atom is 0.261 e. The van der Waals surface area contributed by atoms with Gasteiger partial charge in [0.25, 0.3) is 17.7 Å². The summed E-state index contributed by atoms with van der Waals surface area (Å²) in [5.41, 5.74) is 6.36. The molecule has 0 heterocycles. The van der Waals surface area contributed by atoms with Crippen molar-refractivity contribution in [3.05, 3.63) is 89.5 Å². The third kappa shape index (κ3) is 8.06.